The highest BCUT2D eigenvalue weighted by atomic mass is 32.2. The number of nitrogens with zero attached hydrogens (tertiary/aromatic N) is 1. The van der Waals surface area contributed by atoms with Crippen LogP contribution in [0.2, 0.25) is 0 Å². The smallest absolute Gasteiger partial charge is 0.244 e. The van der Waals surface area contributed by atoms with Crippen LogP contribution in [0.4, 0.5) is 11.4 Å². The predicted molar refractivity (Wildman–Crippen MR) is 138 cm³/mol. The minimum absolute atomic E-state index is 0.0771. The number of carbonyl (C=O) groups is 2. The number of methoxy groups -OCH3 is 3. The molecule has 1 aliphatic heterocycles. The van der Waals surface area contributed by atoms with Gasteiger partial charge in [-0.15, -0.1) is 11.8 Å². The molecule has 8 heteroatoms. The number of amides is 2. The summed E-state index contributed by atoms with van der Waals surface area (Å²) in [4.78, 5) is 28.8. The normalized spacial score (nSPS) is 15.1. The van der Waals surface area contributed by atoms with Gasteiger partial charge in [0.1, 0.15) is 6.54 Å². The third kappa shape index (κ3) is 5.38. The molecule has 1 N–H and O–H groups in total. The number of hydrogen-bond donors (Lipinski definition) is 1. The van der Waals surface area contributed by atoms with Crippen LogP contribution in [-0.4, -0.2) is 39.7 Å². The van der Waals surface area contributed by atoms with Gasteiger partial charge in [0.25, 0.3) is 0 Å². The quantitative estimate of drug-likeness (QED) is 0.487. The van der Waals surface area contributed by atoms with Gasteiger partial charge in [0.05, 0.1) is 27.0 Å². The monoisotopic (exact) mass is 492 g/mol. The highest BCUT2D eigenvalue weighted by Crippen LogP contribution is 2.49. The van der Waals surface area contributed by atoms with Crippen LogP contribution in [0.5, 0.6) is 17.2 Å². The van der Waals surface area contributed by atoms with Crippen molar-refractivity contribution in [2.45, 2.75) is 23.5 Å². The van der Waals surface area contributed by atoms with Gasteiger partial charge in [-0.1, -0.05) is 24.3 Å². The molecule has 0 bridgehead atoms. The van der Waals surface area contributed by atoms with E-state index in [-0.39, 0.29) is 30.0 Å². The van der Waals surface area contributed by atoms with Crippen LogP contribution in [-0.2, 0) is 9.59 Å². The van der Waals surface area contributed by atoms with Gasteiger partial charge in [-0.05, 0) is 54.4 Å². The molecule has 0 fully saturated rings. The third-order valence-electron chi connectivity index (χ3n) is 5.75. The molecule has 2 amide bonds. The standard InChI is InChI=1S/C27H28N2O5S/c1-17-8-7-9-19(12-17)28-25(30)16-29-20-10-5-6-11-23(20)35-24(15-26(29)31)18-13-21(32-2)27(34-4)22(14-18)33-3/h5-14,24H,15-16H2,1-4H3,(H,28,30)/t24-/m0/s1. The molecule has 0 aromatic heterocycles. The third-order valence-corrected chi connectivity index (χ3v) is 7.07. The Labute approximate surface area is 209 Å². The number of thioether (sulfide) groups is 1. The molecule has 0 saturated heterocycles. The highest BCUT2D eigenvalue weighted by molar-refractivity contribution is 7.99. The van der Waals surface area contributed by atoms with Gasteiger partial charge in [-0.3, -0.25) is 9.59 Å². The maximum absolute atomic E-state index is 13.5. The van der Waals surface area contributed by atoms with Gasteiger partial charge in [0, 0.05) is 22.3 Å². The first-order valence-electron chi connectivity index (χ1n) is 11.2. The maximum Gasteiger partial charge on any atom is 0.244 e. The lowest BCUT2D eigenvalue weighted by molar-refractivity contribution is -0.121. The summed E-state index contributed by atoms with van der Waals surface area (Å²) in [6.07, 6.45) is 0.204. The van der Waals surface area contributed by atoms with Gasteiger partial charge >= 0.3 is 0 Å². The molecule has 1 heterocycles. The zero-order valence-corrected chi connectivity index (χ0v) is 21.0. The van der Waals surface area contributed by atoms with Gasteiger partial charge < -0.3 is 24.4 Å². The predicted octanol–water partition coefficient (Wildman–Crippen LogP) is 5.23. The first-order chi connectivity index (χ1) is 16.9. The summed E-state index contributed by atoms with van der Waals surface area (Å²) in [6, 6.07) is 19.0. The molecule has 1 aliphatic rings. The lowest BCUT2D eigenvalue weighted by Gasteiger charge is -2.22. The Bertz CT molecular complexity index is 1220. The van der Waals surface area contributed by atoms with Crippen molar-refractivity contribution in [1.82, 2.24) is 0 Å². The van der Waals surface area contributed by atoms with E-state index in [0.29, 0.717) is 22.9 Å². The van der Waals surface area contributed by atoms with E-state index in [9.17, 15) is 9.59 Å². The van der Waals surface area contributed by atoms with Crippen LogP contribution < -0.4 is 24.4 Å². The molecule has 3 aromatic rings. The zero-order chi connectivity index (χ0) is 24.9. The fourth-order valence-electron chi connectivity index (χ4n) is 4.09. The molecular formula is C27H28N2O5S. The van der Waals surface area contributed by atoms with Crippen LogP contribution >= 0.6 is 11.8 Å². The van der Waals surface area contributed by atoms with Crippen molar-refractivity contribution >= 4 is 35.0 Å². The van der Waals surface area contributed by atoms with Gasteiger partial charge in [-0.25, -0.2) is 0 Å². The minimum Gasteiger partial charge on any atom is -0.493 e. The van der Waals surface area contributed by atoms with Gasteiger partial charge in [0.2, 0.25) is 17.6 Å². The van der Waals surface area contributed by atoms with Crippen LogP contribution in [0.25, 0.3) is 0 Å². The van der Waals surface area contributed by atoms with E-state index in [1.54, 1.807) is 38.0 Å². The number of anilines is 2. The molecule has 0 unspecified atom stereocenters. The summed E-state index contributed by atoms with van der Waals surface area (Å²) in [5, 5.41) is 2.69. The average molecular weight is 493 g/mol. The molecule has 0 aliphatic carbocycles. The van der Waals surface area contributed by atoms with Crippen molar-refractivity contribution in [1.29, 1.82) is 0 Å². The van der Waals surface area contributed by atoms with Crippen molar-refractivity contribution in [2.24, 2.45) is 0 Å². The second-order valence-corrected chi connectivity index (χ2v) is 9.38. The highest BCUT2D eigenvalue weighted by Gasteiger charge is 2.31. The van der Waals surface area contributed by atoms with Crippen molar-refractivity contribution in [3.63, 3.8) is 0 Å². The van der Waals surface area contributed by atoms with E-state index >= 15 is 0 Å². The number of carbonyl (C=O) groups excluding carboxylic acids is 2. The summed E-state index contributed by atoms with van der Waals surface area (Å²) >= 11 is 1.58. The maximum atomic E-state index is 13.5. The fraction of sp³-hybridized carbons (Fsp3) is 0.259. The Kier molecular flexibility index (Phi) is 7.51. The average Bonchev–Trinajstić information content (AvgIpc) is 2.99. The van der Waals surface area contributed by atoms with E-state index in [0.717, 1.165) is 21.7 Å². The number of para-hydroxylation sites is 1. The number of ether oxygens (including phenoxy) is 3. The Balaban J connectivity index is 1.63. The van der Waals surface area contributed by atoms with E-state index in [1.807, 2.05) is 67.6 Å². The molecule has 7 nitrogen and oxygen atoms in total. The fourth-order valence-corrected chi connectivity index (χ4v) is 5.35. The summed E-state index contributed by atoms with van der Waals surface area (Å²) in [7, 11) is 4.69. The molecule has 0 saturated carbocycles. The number of fused-ring (bicyclic) bond motifs is 1. The minimum atomic E-state index is -0.255. The van der Waals surface area contributed by atoms with Crippen LogP contribution in [0.1, 0.15) is 22.8 Å². The SMILES string of the molecule is COc1cc([C@@H]2CC(=O)N(CC(=O)Nc3cccc(C)c3)c3ccccc3S2)cc(OC)c1OC. The van der Waals surface area contributed by atoms with Gasteiger partial charge in [0.15, 0.2) is 11.5 Å². The molecule has 182 valence electrons. The Hall–Kier alpha value is -3.65. The summed E-state index contributed by atoms with van der Waals surface area (Å²) in [5.74, 6) is 1.16. The van der Waals surface area contributed by atoms with E-state index < -0.39 is 0 Å². The lowest BCUT2D eigenvalue weighted by Crippen LogP contribution is -2.38. The molecule has 0 spiro atoms. The Morgan fingerprint density at radius 3 is 2.37 bits per heavy atom. The molecule has 0 radical (unpaired) electrons. The van der Waals surface area contributed by atoms with E-state index in [1.165, 1.54) is 0 Å². The molecule has 35 heavy (non-hydrogen) atoms. The van der Waals surface area contributed by atoms with Gasteiger partial charge in [-0.2, -0.15) is 0 Å². The van der Waals surface area contributed by atoms with Crippen molar-refractivity contribution in [3.8, 4) is 17.2 Å². The Morgan fingerprint density at radius 1 is 1.00 bits per heavy atom. The first-order valence-corrected chi connectivity index (χ1v) is 12.0. The van der Waals surface area contributed by atoms with E-state index in [4.69, 9.17) is 14.2 Å². The summed E-state index contributed by atoms with van der Waals surface area (Å²) < 4.78 is 16.5. The van der Waals surface area contributed by atoms with Crippen molar-refractivity contribution in [3.05, 3.63) is 71.8 Å². The molecule has 3 aromatic carbocycles. The van der Waals surface area contributed by atoms with Crippen molar-refractivity contribution < 1.29 is 23.8 Å². The lowest BCUT2D eigenvalue weighted by atomic mass is 10.1. The van der Waals surface area contributed by atoms with Crippen LogP contribution in [0.15, 0.2) is 65.6 Å². The Morgan fingerprint density at radius 2 is 1.71 bits per heavy atom. The largest absolute Gasteiger partial charge is 0.493 e. The number of nitrogens with one attached hydrogen (secondary N) is 1. The summed E-state index contributed by atoms with van der Waals surface area (Å²) in [5.41, 5.74) is 3.34. The van der Waals surface area contributed by atoms with Crippen LogP contribution in [0, 0.1) is 6.92 Å². The number of aryl methyl sites for hydroxylation is 1. The van der Waals surface area contributed by atoms with E-state index in [2.05, 4.69) is 5.32 Å². The second kappa shape index (κ2) is 10.7. The number of benzene rings is 3. The summed E-state index contributed by atoms with van der Waals surface area (Å²) in [6.45, 7) is 1.89. The van der Waals surface area contributed by atoms with Crippen molar-refractivity contribution in [2.75, 3.05) is 38.1 Å². The molecular weight excluding hydrogens is 464 g/mol. The zero-order valence-electron chi connectivity index (χ0n) is 20.2. The molecule has 1 atom stereocenters. The van der Waals surface area contributed by atoms with Crippen LogP contribution in [0.3, 0.4) is 0 Å². The number of rotatable bonds is 7. The number of hydrogen-bond acceptors (Lipinski definition) is 6. The topological polar surface area (TPSA) is 77.1 Å². The molecule has 4 rings (SSSR count). The second-order valence-electron chi connectivity index (χ2n) is 8.13. The first kappa shape index (κ1) is 24.5.